The molecule has 164 valence electrons. The smallest absolute Gasteiger partial charge is 0.240 e. The number of nitrogens with two attached hydrogens (primary N) is 3. The lowest BCUT2D eigenvalue weighted by Crippen LogP contribution is -2.51. The molecule has 0 amide bonds. The average Bonchev–Trinajstić information content (AvgIpc) is 3.15. The van der Waals surface area contributed by atoms with Crippen molar-refractivity contribution in [2.24, 2.45) is 21.9 Å². The molecule has 1 aliphatic rings. The normalized spacial score (nSPS) is 15.7. The summed E-state index contributed by atoms with van der Waals surface area (Å²) >= 11 is 0. The van der Waals surface area contributed by atoms with Gasteiger partial charge in [-0.1, -0.05) is 24.3 Å². The van der Waals surface area contributed by atoms with Crippen molar-refractivity contribution in [2.45, 2.75) is 15.0 Å². The molecule has 0 radical (unpaired) electrons. The second-order valence-electron chi connectivity index (χ2n) is 6.95. The van der Waals surface area contributed by atoms with Crippen molar-refractivity contribution in [1.82, 2.24) is 20.9 Å². The molecule has 0 bridgehead atoms. The molecule has 2 aromatic carbocycles. The highest BCUT2D eigenvalue weighted by Crippen LogP contribution is 2.37. The number of hydrazone groups is 1. The highest BCUT2D eigenvalue weighted by atomic mass is 32.2. The summed E-state index contributed by atoms with van der Waals surface area (Å²) in [6, 6.07) is 7.96. The van der Waals surface area contributed by atoms with Crippen LogP contribution in [0.4, 0.5) is 0 Å². The Kier molecular flexibility index (Phi) is 5.18. The maximum absolute atomic E-state index is 13.2. The second-order valence-corrected chi connectivity index (χ2v) is 10.6. The first kappa shape index (κ1) is 21.2. The third-order valence-corrected chi connectivity index (χ3v) is 8.45. The van der Waals surface area contributed by atoms with E-state index in [1.165, 1.54) is 12.1 Å². The van der Waals surface area contributed by atoms with Crippen LogP contribution in [0.25, 0.3) is 22.0 Å². The van der Waals surface area contributed by atoms with Crippen LogP contribution in [-0.2, 0) is 19.9 Å². The van der Waals surface area contributed by atoms with Gasteiger partial charge in [0.15, 0.2) is 15.7 Å². The van der Waals surface area contributed by atoms with Gasteiger partial charge in [-0.05, 0) is 11.6 Å². The summed E-state index contributed by atoms with van der Waals surface area (Å²) in [5, 5.41) is 18.7. The van der Waals surface area contributed by atoms with Crippen LogP contribution in [-0.4, -0.2) is 51.2 Å². The number of nitrogens with zero attached hydrogens (tertiary/aromatic N) is 2. The lowest BCUT2D eigenvalue weighted by atomic mass is 9.97. The zero-order valence-electron chi connectivity index (χ0n) is 16.0. The fourth-order valence-corrected chi connectivity index (χ4v) is 6.75. The maximum Gasteiger partial charge on any atom is 0.240 e. The van der Waals surface area contributed by atoms with Gasteiger partial charge in [-0.25, -0.2) is 27.8 Å². The van der Waals surface area contributed by atoms with E-state index in [0.29, 0.717) is 16.6 Å². The number of benzene rings is 2. The Bertz CT molecular complexity index is 1410. The van der Waals surface area contributed by atoms with Crippen molar-refractivity contribution >= 4 is 36.6 Å². The van der Waals surface area contributed by atoms with Gasteiger partial charge >= 0.3 is 0 Å². The number of aromatic nitrogens is 2. The van der Waals surface area contributed by atoms with Gasteiger partial charge in [-0.3, -0.25) is 5.10 Å². The topological polar surface area (TPSA) is 211 Å². The Morgan fingerprint density at radius 1 is 1.13 bits per heavy atom. The molecule has 9 N–H and O–H groups in total. The molecule has 0 spiro atoms. The number of hydrogen-bond donors (Lipinski definition) is 6. The molecule has 0 unspecified atom stereocenters. The molecule has 0 aliphatic carbocycles. The fraction of sp³-hybridized carbons (Fsp3) is 0.176. The number of rotatable bonds is 5. The van der Waals surface area contributed by atoms with Gasteiger partial charge in [0, 0.05) is 29.6 Å². The van der Waals surface area contributed by atoms with E-state index in [2.05, 4.69) is 26.0 Å². The Hall–Kier alpha value is -3.04. The average molecular weight is 465 g/mol. The Morgan fingerprint density at radius 2 is 1.87 bits per heavy atom. The van der Waals surface area contributed by atoms with Crippen LogP contribution in [0, 0.1) is 0 Å². The highest BCUT2D eigenvalue weighted by molar-refractivity contribution is 7.94. The van der Waals surface area contributed by atoms with Crippen molar-refractivity contribution in [3.8, 4) is 11.1 Å². The monoisotopic (exact) mass is 464 g/mol. The van der Waals surface area contributed by atoms with Crippen molar-refractivity contribution in [2.75, 3.05) is 13.1 Å². The number of aromatic amines is 1. The molecule has 0 saturated carbocycles. The zero-order chi connectivity index (χ0) is 22.4. The number of H-pyrrole nitrogens is 1. The first-order chi connectivity index (χ1) is 14.7. The van der Waals surface area contributed by atoms with E-state index in [4.69, 9.17) is 16.8 Å². The third kappa shape index (κ3) is 3.43. The van der Waals surface area contributed by atoms with Gasteiger partial charge in [0.25, 0.3) is 0 Å². The van der Waals surface area contributed by atoms with Gasteiger partial charge in [0.2, 0.25) is 10.0 Å². The first-order valence-corrected chi connectivity index (χ1v) is 12.1. The Balaban J connectivity index is 2.15. The number of sulfone groups is 1. The fourth-order valence-electron chi connectivity index (χ4n) is 3.56. The summed E-state index contributed by atoms with van der Waals surface area (Å²) in [5.41, 5.74) is 3.51. The first-order valence-electron chi connectivity index (χ1n) is 9.02. The van der Waals surface area contributed by atoms with Crippen LogP contribution in [0.15, 0.2) is 51.4 Å². The Labute approximate surface area is 177 Å². The largest absolute Gasteiger partial charge is 0.321 e. The lowest BCUT2D eigenvalue weighted by Gasteiger charge is -2.28. The van der Waals surface area contributed by atoms with E-state index < -0.39 is 34.9 Å². The second kappa shape index (κ2) is 7.58. The molecule has 1 saturated heterocycles. The number of nitrogens with one attached hydrogen (secondary N) is 3. The predicted molar refractivity (Wildman–Crippen MR) is 115 cm³/mol. The number of sulfonamides is 1. The van der Waals surface area contributed by atoms with Gasteiger partial charge in [0.1, 0.15) is 4.90 Å². The zero-order valence-corrected chi connectivity index (χ0v) is 17.7. The van der Waals surface area contributed by atoms with Crippen molar-refractivity contribution < 1.29 is 16.8 Å². The SMILES string of the molecule is N/N=C(\NN)c1c(-c2cccc3cn[nH]c23)ccc(S(=O)(=O)C2CNC2)c1S(N)(=O)=O. The molecule has 1 aliphatic heterocycles. The van der Waals surface area contributed by atoms with Crippen LogP contribution in [0.5, 0.6) is 0 Å². The number of primary sulfonamides is 1. The van der Waals surface area contributed by atoms with E-state index in [1.54, 1.807) is 18.3 Å². The lowest BCUT2D eigenvalue weighted by molar-refractivity contribution is 0.493. The van der Waals surface area contributed by atoms with Gasteiger partial charge in [0.05, 0.1) is 21.9 Å². The number of para-hydroxylation sites is 1. The molecule has 14 heteroatoms. The van der Waals surface area contributed by atoms with Crippen LogP contribution < -0.4 is 27.6 Å². The minimum atomic E-state index is -4.56. The minimum absolute atomic E-state index is 0.150. The molecule has 0 atom stereocenters. The molecule has 3 aromatic rings. The highest BCUT2D eigenvalue weighted by Gasteiger charge is 2.38. The summed E-state index contributed by atoms with van der Waals surface area (Å²) < 4.78 is 51.7. The van der Waals surface area contributed by atoms with Crippen molar-refractivity contribution in [3.63, 3.8) is 0 Å². The molecule has 4 rings (SSSR count). The number of fused-ring (bicyclic) bond motifs is 1. The summed E-state index contributed by atoms with van der Waals surface area (Å²) in [6.45, 7) is 0.397. The molecule has 31 heavy (non-hydrogen) atoms. The summed E-state index contributed by atoms with van der Waals surface area (Å²) in [5.74, 6) is 10.8. The molecular weight excluding hydrogens is 444 g/mol. The Morgan fingerprint density at radius 3 is 2.45 bits per heavy atom. The molecule has 2 heterocycles. The van der Waals surface area contributed by atoms with Crippen LogP contribution in [0.3, 0.4) is 0 Å². The standard InChI is InChI=1S/C17H20N8O4S2/c18-23-17(24-19)14-11(12-3-1-2-9-6-22-25-15(9)12)4-5-13(16(14)31(20,28)29)30(26,27)10-7-21-8-10/h1-6,10,21H,7-8,18-19H2,(H,22,25)(H,23,24)(H2,20,28,29). The van der Waals surface area contributed by atoms with E-state index in [9.17, 15) is 16.8 Å². The maximum atomic E-state index is 13.2. The van der Waals surface area contributed by atoms with Crippen LogP contribution in [0.1, 0.15) is 5.56 Å². The van der Waals surface area contributed by atoms with Gasteiger partial charge in [-0.15, -0.1) is 0 Å². The number of amidine groups is 1. The van der Waals surface area contributed by atoms with E-state index in [-0.39, 0.29) is 24.5 Å². The quantitative estimate of drug-likeness (QED) is 0.114. The van der Waals surface area contributed by atoms with Crippen molar-refractivity contribution in [3.05, 3.63) is 42.1 Å². The summed E-state index contributed by atoms with van der Waals surface area (Å²) in [7, 11) is -8.58. The van der Waals surface area contributed by atoms with E-state index in [0.717, 1.165) is 5.39 Å². The minimum Gasteiger partial charge on any atom is -0.321 e. The van der Waals surface area contributed by atoms with Crippen molar-refractivity contribution in [1.29, 1.82) is 0 Å². The number of hydrogen-bond acceptors (Lipinski definition) is 9. The predicted octanol–water partition coefficient (Wildman–Crippen LogP) is -1.29. The van der Waals surface area contributed by atoms with Crippen LogP contribution in [0.2, 0.25) is 0 Å². The third-order valence-electron chi connectivity index (χ3n) is 5.16. The molecule has 1 aromatic heterocycles. The van der Waals surface area contributed by atoms with Gasteiger partial charge < -0.3 is 16.6 Å². The molecule has 12 nitrogen and oxygen atoms in total. The summed E-state index contributed by atoms with van der Waals surface area (Å²) in [4.78, 5) is -1.07. The number of hydrazine groups is 1. The van der Waals surface area contributed by atoms with E-state index in [1.807, 2.05) is 6.07 Å². The van der Waals surface area contributed by atoms with Crippen LogP contribution >= 0.6 is 0 Å². The summed E-state index contributed by atoms with van der Waals surface area (Å²) in [6.07, 6.45) is 1.60. The van der Waals surface area contributed by atoms with E-state index >= 15 is 0 Å². The molecule has 1 fully saturated rings. The molecular formula is C17H20N8O4S2. The van der Waals surface area contributed by atoms with Gasteiger partial charge in [-0.2, -0.15) is 10.2 Å².